The smallest absolute Gasteiger partial charge is 0.224 e. The molecule has 130 valence electrons. The van der Waals surface area contributed by atoms with Crippen molar-refractivity contribution in [3.63, 3.8) is 0 Å². The lowest BCUT2D eigenvalue weighted by atomic mass is 10.2. The van der Waals surface area contributed by atoms with Gasteiger partial charge in [0.1, 0.15) is 0 Å². The molecule has 1 amide bonds. The lowest BCUT2D eigenvalue weighted by Gasteiger charge is -2.13. The first-order valence-electron chi connectivity index (χ1n) is 7.49. The maximum absolute atomic E-state index is 11.6. The van der Waals surface area contributed by atoms with Crippen LogP contribution in [0, 0.1) is 0 Å². The molecular weight excluding hydrogens is 407 g/mol. The summed E-state index contributed by atoms with van der Waals surface area (Å²) in [6, 6.07) is 7.72. The van der Waals surface area contributed by atoms with Crippen molar-refractivity contribution in [3.8, 4) is 0 Å². The van der Waals surface area contributed by atoms with E-state index in [-0.39, 0.29) is 35.9 Å². The molecule has 4 N–H and O–H groups in total. The second kappa shape index (κ2) is 12.1. The number of nitrogens with one attached hydrogen (secondary N) is 2. The summed E-state index contributed by atoms with van der Waals surface area (Å²) in [5.74, 6) is 0.405. The van der Waals surface area contributed by atoms with Crippen LogP contribution in [0.4, 0.5) is 5.69 Å². The number of ether oxygens (including phenoxy) is 1. The Morgan fingerprint density at radius 2 is 2.17 bits per heavy atom. The van der Waals surface area contributed by atoms with Crippen molar-refractivity contribution in [2.24, 2.45) is 10.7 Å². The van der Waals surface area contributed by atoms with Crippen LogP contribution in [-0.4, -0.2) is 31.6 Å². The van der Waals surface area contributed by atoms with Gasteiger partial charge in [-0.05, 0) is 31.0 Å². The Kier molecular flexibility index (Phi) is 11.4. The standard InChI is InChI=1S/C16H26N4O2.HI/c1-4-6-15(21)20-14-8-5-7-13(9-14)10-18-16(17)19-12(2)11-22-3;/h5,7-9,12H,4,6,10-11H2,1-3H3,(H,20,21)(H3,17,18,19);1H. The van der Waals surface area contributed by atoms with Crippen LogP contribution in [0.2, 0.25) is 0 Å². The molecule has 1 aromatic rings. The molecule has 0 heterocycles. The van der Waals surface area contributed by atoms with Crippen LogP contribution in [0.1, 0.15) is 32.3 Å². The van der Waals surface area contributed by atoms with Crippen molar-refractivity contribution >= 4 is 41.5 Å². The number of hydrogen-bond acceptors (Lipinski definition) is 3. The van der Waals surface area contributed by atoms with E-state index >= 15 is 0 Å². The quantitative estimate of drug-likeness (QED) is 0.333. The van der Waals surface area contributed by atoms with Crippen LogP contribution in [0.5, 0.6) is 0 Å². The Morgan fingerprint density at radius 1 is 1.43 bits per heavy atom. The van der Waals surface area contributed by atoms with Gasteiger partial charge in [0.2, 0.25) is 5.91 Å². The average molecular weight is 434 g/mol. The highest BCUT2D eigenvalue weighted by Gasteiger charge is 2.03. The van der Waals surface area contributed by atoms with Gasteiger partial charge in [-0.25, -0.2) is 4.99 Å². The van der Waals surface area contributed by atoms with Gasteiger partial charge in [0.05, 0.1) is 13.2 Å². The molecule has 7 heteroatoms. The summed E-state index contributed by atoms with van der Waals surface area (Å²) in [6.07, 6.45) is 1.36. The van der Waals surface area contributed by atoms with Crippen molar-refractivity contribution in [2.45, 2.75) is 39.3 Å². The molecule has 1 unspecified atom stereocenters. The summed E-state index contributed by atoms with van der Waals surface area (Å²) in [5, 5.41) is 5.92. The highest BCUT2D eigenvalue weighted by Crippen LogP contribution is 2.12. The molecular formula is C16H27IN4O2. The van der Waals surface area contributed by atoms with Crippen LogP contribution < -0.4 is 16.4 Å². The molecule has 0 saturated heterocycles. The Hall–Kier alpha value is -1.35. The van der Waals surface area contributed by atoms with E-state index in [9.17, 15) is 4.79 Å². The molecule has 6 nitrogen and oxygen atoms in total. The topological polar surface area (TPSA) is 88.7 Å². The number of carbonyl (C=O) groups is 1. The van der Waals surface area contributed by atoms with Crippen LogP contribution in [-0.2, 0) is 16.1 Å². The number of methoxy groups -OCH3 is 1. The van der Waals surface area contributed by atoms with Gasteiger partial charge in [0.15, 0.2) is 5.96 Å². The normalized spacial score (nSPS) is 12.2. The van der Waals surface area contributed by atoms with Crippen molar-refractivity contribution in [2.75, 3.05) is 19.0 Å². The largest absolute Gasteiger partial charge is 0.383 e. The molecule has 0 aliphatic heterocycles. The summed E-state index contributed by atoms with van der Waals surface area (Å²) >= 11 is 0. The number of rotatable bonds is 8. The van der Waals surface area contributed by atoms with Gasteiger partial charge in [-0.3, -0.25) is 4.79 Å². The van der Waals surface area contributed by atoms with Crippen LogP contribution in [0.3, 0.4) is 0 Å². The molecule has 0 aliphatic carbocycles. The first-order chi connectivity index (χ1) is 10.5. The summed E-state index contributed by atoms with van der Waals surface area (Å²) in [7, 11) is 1.64. The van der Waals surface area contributed by atoms with Gasteiger partial charge in [0, 0.05) is 25.3 Å². The molecule has 0 radical (unpaired) electrons. The maximum Gasteiger partial charge on any atom is 0.224 e. The molecule has 0 saturated carbocycles. The van der Waals surface area contributed by atoms with Gasteiger partial charge in [-0.15, -0.1) is 24.0 Å². The number of aliphatic imine (C=N–C) groups is 1. The van der Waals surface area contributed by atoms with Gasteiger partial charge < -0.3 is 21.1 Å². The van der Waals surface area contributed by atoms with E-state index in [1.54, 1.807) is 7.11 Å². The molecule has 1 aromatic carbocycles. The summed E-state index contributed by atoms with van der Waals surface area (Å²) in [6.45, 7) is 4.96. The van der Waals surface area contributed by atoms with Crippen molar-refractivity contribution in [3.05, 3.63) is 29.8 Å². The third-order valence-electron chi connectivity index (χ3n) is 2.93. The predicted molar refractivity (Wildman–Crippen MR) is 105 cm³/mol. The maximum atomic E-state index is 11.6. The third kappa shape index (κ3) is 9.39. The fourth-order valence-corrected chi connectivity index (χ4v) is 1.96. The number of nitrogens with zero attached hydrogens (tertiary/aromatic N) is 1. The van der Waals surface area contributed by atoms with Crippen LogP contribution in [0.25, 0.3) is 0 Å². The first kappa shape index (κ1) is 21.6. The van der Waals surface area contributed by atoms with E-state index in [0.717, 1.165) is 17.7 Å². The minimum Gasteiger partial charge on any atom is -0.383 e. The Bertz CT molecular complexity index is 509. The zero-order valence-corrected chi connectivity index (χ0v) is 16.3. The lowest BCUT2D eigenvalue weighted by molar-refractivity contribution is -0.116. The Morgan fingerprint density at radius 3 is 2.83 bits per heavy atom. The number of anilines is 1. The summed E-state index contributed by atoms with van der Waals surface area (Å²) in [4.78, 5) is 15.9. The van der Waals surface area contributed by atoms with E-state index < -0.39 is 0 Å². The van der Waals surface area contributed by atoms with Crippen molar-refractivity contribution in [1.82, 2.24) is 5.32 Å². The molecule has 1 rings (SSSR count). The van der Waals surface area contributed by atoms with Crippen LogP contribution >= 0.6 is 24.0 Å². The molecule has 0 aromatic heterocycles. The number of nitrogens with two attached hydrogens (primary N) is 1. The number of benzene rings is 1. The van der Waals surface area contributed by atoms with Gasteiger partial charge in [-0.2, -0.15) is 0 Å². The highest BCUT2D eigenvalue weighted by molar-refractivity contribution is 14.0. The second-order valence-electron chi connectivity index (χ2n) is 5.20. The Labute approximate surface area is 155 Å². The molecule has 0 spiro atoms. The minimum absolute atomic E-state index is 0. The number of guanidine groups is 1. The number of hydrogen-bond donors (Lipinski definition) is 3. The zero-order chi connectivity index (χ0) is 16.4. The van der Waals surface area contributed by atoms with E-state index in [1.807, 2.05) is 38.1 Å². The van der Waals surface area contributed by atoms with Gasteiger partial charge >= 0.3 is 0 Å². The van der Waals surface area contributed by atoms with E-state index in [2.05, 4.69) is 15.6 Å². The van der Waals surface area contributed by atoms with Crippen molar-refractivity contribution in [1.29, 1.82) is 0 Å². The molecule has 23 heavy (non-hydrogen) atoms. The Balaban J connectivity index is 0.00000484. The predicted octanol–water partition coefficient (Wildman–Crippen LogP) is 2.48. The minimum atomic E-state index is 0. The summed E-state index contributed by atoms with van der Waals surface area (Å²) in [5.41, 5.74) is 7.59. The second-order valence-corrected chi connectivity index (χ2v) is 5.20. The van der Waals surface area contributed by atoms with Crippen molar-refractivity contribution < 1.29 is 9.53 Å². The number of carbonyl (C=O) groups excluding carboxylic acids is 1. The first-order valence-corrected chi connectivity index (χ1v) is 7.49. The SMILES string of the molecule is CCCC(=O)Nc1cccc(CN=C(N)NC(C)COC)c1.I. The summed E-state index contributed by atoms with van der Waals surface area (Å²) < 4.78 is 5.03. The van der Waals surface area contributed by atoms with Gasteiger partial charge in [0.25, 0.3) is 0 Å². The zero-order valence-electron chi connectivity index (χ0n) is 14.0. The number of amides is 1. The molecule has 0 aliphatic rings. The van der Waals surface area contributed by atoms with E-state index in [4.69, 9.17) is 10.5 Å². The monoisotopic (exact) mass is 434 g/mol. The van der Waals surface area contributed by atoms with Gasteiger partial charge in [-0.1, -0.05) is 19.1 Å². The molecule has 0 fully saturated rings. The average Bonchev–Trinajstić information content (AvgIpc) is 2.46. The fourth-order valence-electron chi connectivity index (χ4n) is 1.96. The molecule has 0 bridgehead atoms. The molecule has 1 atom stereocenters. The van der Waals surface area contributed by atoms with E-state index in [0.29, 0.717) is 25.5 Å². The fraction of sp³-hybridized carbons (Fsp3) is 0.500. The number of halogens is 1. The highest BCUT2D eigenvalue weighted by atomic mass is 127. The van der Waals surface area contributed by atoms with Crippen LogP contribution in [0.15, 0.2) is 29.3 Å². The third-order valence-corrected chi connectivity index (χ3v) is 2.93. The van der Waals surface area contributed by atoms with E-state index in [1.165, 1.54) is 0 Å². The lowest BCUT2D eigenvalue weighted by Crippen LogP contribution is -2.40.